The lowest BCUT2D eigenvalue weighted by molar-refractivity contribution is -0.0190. The zero-order valence-electron chi connectivity index (χ0n) is 14.3. The smallest absolute Gasteiger partial charge is 0.213 e. The molecule has 3 nitrogen and oxygen atoms in total. The molecule has 2 aliphatic rings. The lowest BCUT2D eigenvalue weighted by atomic mass is 9.96. The number of hydrogen-bond acceptors (Lipinski definition) is 3. The molecule has 0 spiro atoms. The lowest BCUT2D eigenvalue weighted by Crippen LogP contribution is -2.33. The third-order valence-corrected chi connectivity index (χ3v) is 5.28. The normalized spacial score (nSPS) is 20.5. The van der Waals surface area contributed by atoms with Gasteiger partial charge in [-0.25, -0.2) is 9.40 Å². The SMILES string of the molecule is Fc1ccc(C2=NN3[C@@H](C2)c2ccccc2O[C@H]3c2ccc(Cl)cc2)cc1. The predicted molar refractivity (Wildman–Crippen MR) is 103 cm³/mol. The van der Waals surface area contributed by atoms with Gasteiger partial charge >= 0.3 is 0 Å². The summed E-state index contributed by atoms with van der Waals surface area (Å²) in [5.41, 5.74) is 3.96. The number of hydrazone groups is 1. The van der Waals surface area contributed by atoms with Crippen LogP contribution in [0.2, 0.25) is 5.02 Å². The van der Waals surface area contributed by atoms with Crippen molar-refractivity contribution in [2.45, 2.75) is 18.7 Å². The molecule has 0 N–H and O–H groups in total. The first-order valence-electron chi connectivity index (χ1n) is 8.82. The van der Waals surface area contributed by atoms with Gasteiger partial charge in [0.2, 0.25) is 6.23 Å². The molecule has 0 unspecified atom stereocenters. The van der Waals surface area contributed by atoms with Gasteiger partial charge in [-0.05, 0) is 35.9 Å². The molecule has 2 atom stereocenters. The molecule has 5 heteroatoms. The van der Waals surface area contributed by atoms with Crippen LogP contribution < -0.4 is 4.74 Å². The third-order valence-electron chi connectivity index (χ3n) is 5.03. The second-order valence-corrected chi connectivity index (χ2v) is 7.15. The van der Waals surface area contributed by atoms with Crippen LogP contribution in [0.25, 0.3) is 0 Å². The van der Waals surface area contributed by atoms with E-state index in [0.717, 1.165) is 34.6 Å². The van der Waals surface area contributed by atoms with Gasteiger partial charge in [0.1, 0.15) is 11.6 Å². The van der Waals surface area contributed by atoms with E-state index in [0.29, 0.717) is 5.02 Å². The van der Waals surface area contributed by atoms with Gasteiger partial charge in [-0.2, -0.15) is 5.10 Å². The quantitative estimate of drug-likeness (QED) is 0.569. The highest BCUT2D eigenvalue weighted by atomic mass is 35.5. The fraction of sp³-hybridized carbons (Fsp3) is 0.136. The van der Waals surface area contributed by atoms with Crippen LogP contribution in [0.1, 0.15) is 35.4 Å². The molecule has 3 aromatic rings. The number of nitrogens with zero attached hydrogens (tertiary/aromatic N) is 2. The maximum Gasteiger partial charge on any atom is 0.213 e. The minimum absolute atomic E-state index is 0.0793. The van der Waals surface area contributed by atoms with Crippen LogP contribution in [0.15, 0.2) is 77.9 Å². The monoisotopic (exact) mass is 378 g/mol. The first-order chi connectivity index (χ1) is 13.2. The van der Waals surface area contributed by atoms with E-state index in [1.165, 1.54) is 12.1 Å². The molecule has 27 heavy (non-hydrogen) atoms. The van der Waals surface area contributed by atoms with E-state index in [-0.39, 0.29) is 18.1 Å². The van der Waals surface area contributed by atoms with E-state index in [4.69, 9.17) is 21.4 Å². The Kier molecular flexibility index (Phi) is 3.87. The van der Waals surface area contributed by atoms with E-state index < -0.39 is 0 Å². The van der Waals surface area contributed by atoms with E-state index in [1.807, 2.05) is 47.5 Å². The molecule has 0 bridgehead atoms. The van der Waals surface area contributed by atoms with Crippen LogP contribution >= 0.6 is 11.6 Å². The molecule has 5 rings (SSSR count). The molecule has 2 heterocycles. The summed E-state index contributed by atoms with van der Waals surface area (Å²) in [6.45, 7) is 0. The van der Waals surface area contributed by atoms with Gasteiger partial charge in [0.15, 0.2) is 0 Å². The van der Waals surface area contributed by atoms with Crippen molar-refractivity contribution in [1.82, 2.24) is 5.01 Å². The fourth-order valence-corrected chi connectivity index (χ4v) is 3.82. The van der Waals surface area contributed by atoms with Crippen molar-refractivity contribution in [2.75, 3.05) is 0 Å². The molecule has 0 fully saturated rings. The molecule has 3 aromatic carbocycles. The lowest BCUT2D eigenvalue weighted by Gasteiger charge is -2.38. The number of benzene rings is 3. The number of para-hydroxylation sites is 1. The Morgan fingerprint density at radius 2 is 1.70 bits per heavy atom. The van der Waals surface area contributed by atoms with E-state index >= 15 is 0 Å². The summed E-state index contributed by atoms with van der Waals surface area (Å²) in [5.74, 6) is 0.622. The molecule has 0 saturated heterocycles. The van der Waals surface area contributed by atoms with Crippen molar-refractivity contribution in [1.29, 1.82) is 0 Å². The summed E-state index contributed by atoms with van der Waals surface area (Å²) < 4.78 is 19.6. The summed E-state index contributed by atoms with van der Waals surface area (Å²) in [7, 11) is 0. The summed E-state index contributed by atoms with van der Waals surface area (Å²) in [4.78, 5) is 0. The van der Waals surface area contributed by atoms with Gasteiger partial charge in [-0.1, -0.05) is 54.1 Å². The van der Waals surface area contributed by atoms with Crippen LogP contribution in [0.3, 0.4) is 0 Å². The molecule has 0 radical (unpaired) electrons. The second-order valence-electron chi connectivity index (χ2n) is 6.71. The highest BCUT2D eigenvalue weighted by molar-refractivity contribution is 6.30. The minimum Gasteiger partial charge on any atom is -0.464 e. The van der Waals surface area contributed by atoms with Crippen molar-refractivity contribution >= 4 is 17.3 Å². The average Bonchev–Trinajstić information content (AvgIpc) is 3.14. The maximum atomic E-state index is 13.3. The largest absolute Gasteiger partial charge is 0.464 e. The van der Waals surface area contributed by atoms with Crippen molar-refractivity contribution in [3.8, 4) is 5.75 Å². The highest BCUT2D eigenvalue weighted by Crippen LogP contribution is 2.47. The summed E-state index contributed by atoms with van der Waals surface area (Å²) >= 11 is 6.05. The van der Waals surface area contributed by atoms with Gasteiger partial charge < -0.3 is 4.74 Å². The van der Waals surface area contributed by atoms with Gasteiger partial charge in [0.05, 0.1) is 11.8 Å². The van der Waals surface area contributed by atoms with Crippen LogP contribution in [0.4, 0.5) is 4.39 Å². The molecular formula is C22H16ClFN2O. The average molecular weight is 379 g/mol. The van der Waals surface area contributed by atoms with Gasteiger partial charge in [0, 0.05) is 22.6 Å². The highest BCUT2D eigenvalue weighted by Gasteiger charge is 2.40. The Hall–Kier alpha value is -2.85. The van der Waals surface area contributed by atoms with E-state index in [9.17, 15) is 4.39 Å². The Labute approximate surface area is 161 Å². The molecule has 0 amide bonds. The zero-order chi connectivity index (χ0) is 18.4. The van der Waals surface area contributed by atoms with Gasteiger partial charge in [0.25, 0.3) is 0 Å². The van der Waals surface area contributed by atoms with Crippen molar-refractivity contribution in [3.05, 3.63) is 100 Å². The molecule has 0 aliphatic carbocycles. The Bertz CT molecular complexity index is 1020. The molecule has 0 saturated carbocycles. The molecule has 0 aromatic heterocycles. The number of halogens is 2. The van der Waals surface area contributed by atoms with Crippen LogP contribution in [-0.4, -0.2) is 10.7 Å². The summed E-state index contributed by atoms with van der Waals surface area (Å²) in [5, 5.41) is 7.55. The van der Waals surface area contributed by atoms with Crippen molar-refractivity contribution < 1.29 is 9.13 Å². The fourth-order valence-electron chi connectivity index (χ4n) is 3.70. The maximum absolute atomic E-state index is 13.3. The first kappa shape index (κ1) is 16.3. The standard InChI is InChI=1S/C22H16ClFN2O/c23-16-9-5-15(6-10-16)22-26-20(18-3-1-2-4-21(18)27-22)13-19(25-26)14-7-11-17(24)12-8-14/h1-12,20,22H,13H2/t20-,22-/m0/s1. The molecule has 134 valence electrons. The minimum atomic E-state index is -0.333. The van der Waals surface area contributed by atoms with Crippen LogP contribution in [0.5, 0.6) is 5.75 Å². The number of hydrogen-bond donors (Lipinski definition) is 0. The Morgan fingerprint density at radius 3 is 2.48 bits per heavy atom. The number of ether oxygens (including phenoxy) is 1. The second kappa shape index (κ2) is 6.39. The summed E-state index contributed by atoms with van der Waals surface area (Å²) in [6.07, 6.45) is 0.413. The Morgan fingerprint density at radius 1 is 0.963 bits per heavy atom. The zero-order valence-corrected chi connectivity index (χ0v) is 15.1. The van der Waals surface area contributed by atoms with Crippen LogP contribution in [-0.2, 0) is 0 Å². The third kappa shape index (κ3) is 2.86. The number of fused-ring (bicyclic) bond motifs is 3. The topological polar surface area (TPSA) is 24.8 Å². The summed E-state index contributed by atoms with van der Waals surface area (Å²) in [6, 6.07) is 22.3. The molecule has 2 aliphatic heterocycles. The van der Waals surface area contributed by atoms with Gasteiger partial charge in [-0.15, -0.1) is 0 Å². The van der Waals surface area contributed by atoms with Crippen LogP contribution in [0, 0.1) is 5.82 Å². The number of rotatable bonds is 2. The van der Waals surface area contributed by atoms with Gasteiger partial charge in [-0.3, -0.25) is 0 Å². The predicted octanol–water partition coefficient (Wildman–Crippen LogP) is 5.72. The Balaban J connectivity index is 1.58. The van der Waals surface area contributed by atoms with E-state index in [2.05, 4.69) is 6.07 Å². The van der Waals surface area contributed by atoms with E-state index in [1.54, 1.807) is 12.1 Å². The van der Waals surface area contributed by atoms with Crippen molar-refractivity contribution in [3.63, 3.8) is 0 Å². The van der Waals surface area contributed by atoms with Crippen molar-refractivity contribution in [2.24, 2.45) is 5.10 Å². The first-order valence-corrected chi connectivity index (χ1v) is 9.19. The molecular weight excluding hydrogens is 363 g/mol.